The minimum absolute atomic E-state index is 0.110. The third-order valence-corrected chi connectivity index (χ3v) is 2.56. The van der Waals surface area contributed by atoms with Crippen LogP contribution in [0.4, 0.5) is 17.3 Å². The fourth-order valence-electron chi connectivity index (χ4n) is 1.67. The van der Waals surface area contributed by atoms with E-state index in [-0.39, 0.29) is 12.4 Å². The molecule has 0 aliphatic rings. The SMILES string of the molecule is Fc1cccc(COc2ccccc2[B-](F)(F)F)c1. The van der Waals surface area contributed by atoms with Crippen LogP contribution in [0.3, 0.4) is 0 Å². The van der Waals surface area contributed by atoms with Crippen LogP contribution in [0.1, 0.15) is 5.56 Å². The zero-order valence-electron chi connectivity index (χ0n) is 9.82. The normalized spacial score (nSPS) is 11.4. The first-order valence-corrected chi connectivity index (χ1v) is 5.63. The molecule has 0 atom stereocenters. The lowest BCUT2D eigenvalue weighted by Gasteiger charge is -2.19. The molecule has 0 aromatic heterocycles. The highest BCUT2D eigenvalue weighted by molar-refractivity contribution is 6.74. The van der Waals surface area contributed by atoms with Crippen molar-refractivity contribution in [3.63, 3.8) is 0 Å². The molecule has 0 radical (unpaired) electrons. The van der Waals surface area contributed by atoms with Crippen molar-refractivity contribution in [3.8, 4) is 5.75 Å². The van der Waals surface area contributed by atoms with E-state index in [0.29, 0.717) is 5.56 Å². The molecule has 6 heteroatoms. The van der Waals surface area contributed by atoms with Crippen molar-refractivity contribution in [1.82, 2.24) is 0 Å². The molecule has 2 aromatic rings. The van der Waals surface area contributed by atoms with Gasteiger partial charge in [0.25, 0.3) is 0 Å². The first-order chi connectivity index (χ1) is 8.97. The molecule has 0 aliphatic heterocycles. The average molecular weight is 269 g/mol. The van der Waals surface area contributed by atoms with Gasteiger partial charge in [-0.3, -0.25) is 0 Å². The Labute approximate surface area is 107 Å². The van der Waals surface area contributed by atoms with Crippen LogP contribution in [0.25, 0.3) is 0 Å². The largest absolute Gasteiger partial charge is 0.513 e. The van der Waals surface area contributed by atoms with Crippen molar-refractivity contribution in [2.75, 3.05) is 0 Å². The van der Waals surface area contributed by atoms with E-state index in [9.17, 15) is 17.3 Å². The molecule has 0 bridgehead atoms. The number of para-hydroxylation sites is 1. The lowest BCUT2D eigenvalue weighted by molar-refractivity contribution is 0.306. The summed E-state index contributed by atoms with van der Waals surface area (Å²) in [6, 6.07) is 10.5. The third-order valence-electron chi connectivity index (χ3n) is 2.56. The van der Waals surface area contributed by atoms with Crippen molar-refractivity contribution in [3.05, 3.63) is 59.9 Å². The number of halogens is 4. The summed E-state index contributed by atoms with van der Waals surface area (Å²) in [5.41, 5.74) is -0.302. The Bertz CT molecular complexity index is 569. The first-order valence-electron chi connectivity index (χ1n) is 5.63. The lowest BCUT2D eigenvalue weighted by Crippen LogP contribution is -2.35. The summed E-state index contributed by atoms with van der Waals surface area (Å²) in [5.74, 6) is -0.686. The Morgan fingerprint density at radius 3 is 2.37 bits per heavy atom. The van der Waals surface area contributed by atoms with E-state index in [1.807, 2.05) is 0 Å². The van der Waals surface area contributed by atoms with Crippen LogP contribution in [0.15, 0.2) is 48.5 Å². The predicted molar refractivity (Wildman–Crippen MR) is 65.9 cm³/mol. The third kappa shape index (κ3) is 3.50. The molecule has 0 aliphatic carbocycles. The van der Waals surface area contributed by atoms with Crippen LogP contribution >= 0.6 is 0 Å². The molecular weight excluding hydrogens is 259 g/mol. The van der Waals surface area contributed by atoms with Gasteiger partial charge in [-0.05, 0) is 23.8 Å². The van der Waals surface area contributed by atoms with Gasteiger partial charge in [0.1, 0.15) is 12.4 Å². The Morgan fingerprint density at radius 2 is 1.68 bits per heavy atom. The van der Waals surface area contributed by atoms with Crippen LogP contribution in [-0.4, -0.2) is 6.98 Å². The Morgan fingerprint density at radius 1 is 0.947 bits per heavy atom. The smallest absolute Gasteiger partial charge is 0.492 e. The fourth-order valence-corrected chi connectivity index (χ4v) is 1.67. The van der Waals surface area contributed by atoms with Crippen LogP contribution in [0.2, 0.25) is 0 Å². The predicted octanol–water partition coefficient (Wildman–Crippen LogP) is 3.46. The van der Waals surface area contributed by atoms with Gasteiger partial charge in [0, 0.05) is 0 Å². The molecule has 2 aromatic carbocycles. The number of hydrogen-bond acceptors (Lipinski definition) is 1. The van der Waals surface area contributed by atoms with E-state index in [0.717, 1.165) is 6.07 Å². The van der Waals surface area contributed by atoms with Crippen molar-refractivity contribution in [1.29, 1.82) is 0 Å². The van der Waals surface area contributed by atoms with Gasteiger partial charge in [0.05, 0.1) is 5.75 Å². The maximum absolute atomic E-state index is 12.9. The number of rotatable bonds is 4. The van der Waals surface area contributed by atoms with Crippen molar-refractivity contribution in [2.45, 2.75) is 6.61 Å². The molecule has 0 saturated carbocycles. The topological polar surface area (TPSA) is 9.23 Å². The highest BCUT2D eigenvalue weighted by Crippen LogP contribution is 2.18. The maximum Gasteiger partial charge on any atom is 0.513 e. The number of benzene rings is 2. The standard InChI is InChI=1S/C13H10BF4O/c15-11-5-3-4-10(8-11)9-19-13-7-2-1-6-12(13)14(16,17)18/h1-8H,9H2/q-1. The van der Waals surface area contributed by atoms with Gasteiger partial charge in [0.15, 0.2) is 0 Å². The molecule has 0 N–H and O–H groups in total. The van der Waals surface area contributed by atoms with E-state index >= 15 is 0 Å². The van der Waals surface area contributed by atoms with Crippen LogP contribution in [-0.2, 0) is 6.61 Å². The van der Waals surface area contributed by atoms with Crippen molar-refractivity contribution in [2.24, 2.45) is 0 Å². The quantitative estimate of drug-likeness (QED) is 0.610. The van der Waals surface area contributed by atoms with Crippen LogP contribution in [0, 0.1) is 5.82 Å². The van der Waals surface area contributed by atoms with Gasteiger partial charge in [-0.2, -0.15) is 0 Å². The van der Waals surface area contributed by atoms with E-state index < -0.39 is 18.3 Å². The van der Waals surface area contributed by atoms with Crippen LogP contribution in [0.5, 0.6) is 5.75 Å². The second kappa shape index (κ2) is 5.34. The molecule has 0 heterocycles. The summed E-state index contributed by atoms with van der Waals surface area (Å²) in [6.45, 7) is -5.24. The molecule has 0 amide bonds. The summed E-state index contributed by atoms with van der Waals surface area (Å²) in [6.07, 6.45) is 0. The molecule has 0 spiro atoms. The number of ether oxygens (including phenoxy) is 1. The van der Waals surface area contributed by atoms with E-state index in [1.54, 1.807) is 6.07 Å². The highest BCUT2D eigenvalue weighted by atomic mass is 19.4. The van der Waals surface area contributed by atoms with Crippen LogP contribution < -0.4 is 10.2 Å². The van der Waals surface area contributed by atoms with Gasteiger partial charge >= 0.3 is 6.98 Å². The molecule has 2 rings (SSSR count). The minimum atomic E-state index is -5.13. The highest BCUT2D eigenvalue weighted by Gasteiger charge is 2.28. The van der Waals surface area contributed by atoms with Gasteiger partial charge in [-0.15, -0.1) is 0 Å². The molecule has 19 heavy (non-hydrogen) atoms. The first kappa shape index (κ1) is 13.5. The lowest BCUT2D eigenvalue weighted by atomic mass is 9.79. The summed E-state index contributed by atoms with van der Waals surface area (Å²) < 4.78 is 56.3. The van der Waals surface area contributed by atoms with Crippen molar-refractivity contribution < 1.29 is 22.1 Å². The monoisotopic (exact) mass is 269 g/mol. The zero-order chi connectivity index (χ0) is 13.9. The van der Waals surface area contributed by atoms with Gasteiger partial charge in [0.2, 0.25) is 0 Å². The molecular formula is C13H10BF4O-. The van der Waals surface area contributed by atoms with Crippen molar-refractivity contribution >= 4 is 12.4 Å². The minimum Gasteiger partial charge on any atom is -0.492 e. The van der Waals surface area contributed by atoms with Gasteiger partial charge < -0.3 is 17.7 Å². The molecule has 0 unspecified atom stereocenters. The maximum atomic E-state index is 12.9. The molecule has 1 nitrogen and oxygen atoms in total. The molecule has 0 saturated heterocycles. The van der Waals surface area contributed by atoms with Gasteiger partial charge in [-0.1, -0.05) is 35.8 Å². The number of hydrogen-bond donors (Lipinski definition) is 0. The zero-order valence-corrected chi connectivity index (χ0v) is 9.82. The summed E-state index contributed by atoms with van der Waals surface area (Å²) in [5, 5.41) is 0. The Kier molecular flexibility index (Phi) is 3.78. The van der Waals surface area contributed by atoms with Gasteiger partial charge in [-0.25, -0.2) is 4.39 Å². The Balaban J connectivity index is 2.16. The van der Waals surface area contributed by atoms with E-state index in [4.69, 9.17) is 4.74 Å². The van der Waals surface area contributed by atoms with E-state index in [2.05, 4.69) is 0 Å². The average Bonchev–Trinajstić information content (AvgIpc) is 2.36. The summed E-state index contributed by atoms with van der Waals surface area (Å²) in [7, 11) is 0. The summed E-state index contributed by atoms with van der Waals surface area (Å²) in [4.78, 5) is 0. The second-order valence-electron chi connectivity index (χ2n) is 4.03. The molecule has 0 fully saturated rings. The molecule has 100 valence electrons. The summed E-state index contributed by atoms with van der Waals surface area (Å²) >= 11 is 0. The van der Waals surface area contributed by atoms with E-state index in [1.165, 1.54) is 36.4 Å². The second-order valence-corrected chi connectivity index (χ2v) is 4.03. The Hall–Kier alpha value is -1.98. The fraction of sp³-hybridized carbons (Fsp3) is 0.0769.